The van der Waals surface area contributed by atoms with Crippen LogP contribution in [0.1, 0.15) is 99.9 Å². The number of aromatic hydroxyl groups is 1. The van der Waals surface area contributed by atoms with Crippen molar-refractivity contribution in [2.75, 3.05) is 0 Å². The number of hydrogen-bond acceptors (Lipinski definition) is 19. The fourth-order valence-corrected chi connectivity index (χ4v) is 15.5. The van der Waals surface area contributed by atoms with Crippen LogP contribution in [0.2, 0.25) is 50.2 Å². The highest BCUT2D eigenvalue weighted by Gasteiger charge is 2.26. The Balaban J connectivity index is 0.000000159. The molecule has 0 saturated heterocycles. The molecule has 0 bridgehead atoms. The fourth-order valence-electron chi connectivity index (χ4n) is 13.9. The van der Waals surface area contributed by atoms with Crippen LogP contribution in [0.15, 0.2) is 324 Å². The smallest absolute Gasteiger partial charge is 0.291 e. The topological polar surface area (TPSA) is 363 Å². The lowest BCUT2D eigenvalue weighted by atomic mass is 10.2. The molecule has 730 valence electrons. The van der Waals surface area contributed by atoms with E-state index < -0.39 is 57.0 Å². The summed E-state index contributed by atoms with van der Waals surface area (Å²) in [4.78, 5) is 137. The summed E-state index contributed by atoms with van der Waals surface area (Å²) in [5.74, 6) is -3.03. The van der Waals surface area contributed by atoms with Crippen molar-refractivity contribution < 1.29 is 57.9 Å². The van der Waals surface area contributed by atoms with Gasteiger partial charge in [0.15, 0.2) is 51.7 Å². The maximum absolute atomic E-state index is 13.4. The Morgan fingerprint density at radius 3 is 1.06 bits per heavy atom. The number of benzene rings is 9. The number of fused-ring (bicyclic) bond motifs is 2. The van der Waals surface area contributed by atoms with Gasteiger partial charge in [-0.1, -0.05) is 268 Å². The van der Waals surface area contributed by atoms with E-state index in [0.29, 0.717) is 68.0 Å². The molecule has 0 aliphatic carbocycles. The molecule has 0 atom stereocenters. The molecule has 3 amide bonds. The molecule has 0 fully saturated rings. The van der Waals surface area contributed by atoms with E-state index in [1.165, 1.54) is 73.9 Å². The van der Waals surface area contributed by atoms with E-state index in [0.717, 1.165) is 56.5 Å². The SMILES string of the molecule is CC(=O)Cn1ccc(=O)c(OCc2ccccc2)c1C(=O)NCc1ccc(Cl)c(Cl)c1.Cc1cn2ccc(=O)c(O)c2c(=O)n1Cc1ccc(Cl)c(Cl)c1.Cc1cn2ccc(=O)c(OCc3ccccc3)c2c(=O)n1Cc1ccc(Cl)c(Cl)c1.O=C(NCc1ccc(Cl)c(Cl)c1)c1c(OCc2ccccc2)c(=O)ccn1CC(O)O.O=C(NCc1ccc(Cl)c(Cl)c1)c1occc(=O)c1OCc1ccccc1. The van der Waals surface area contributed by atoms with Crippen LogP contribution in [0, 0.1) is 13.8 Å². The van der Waals surface area contributed by atoms with Crippen LogP contribution >= 0.6 is 116 Å². The van der Waals surface area contributed by atoms with E-state index >= 15 is 0 Å². The molecular formula is C104H85Cl10N9O19. The summed E-state index contributed by atoms with van der Waals surface area (Å²) >= 11 is 59.7. The molecule has 0 aliphatic rings. The number of aliphatic hydroxyl groups is 2. The van der Waals surface area contributed by atoms with Crippen molar-refractivity contribution in [3.8, 4) is 28.7 Å². The Bertz CT molecular complexity index is 7760. The molecule has 16 rings (SSSR count). The molecule has 7 heterocycles. The predicted octanol–water partition coefficient (Wildman–Crippen LogP) is 19.2. The highest BCUT2D eigenvalue weighted by atomic mass is 35.5. The van der Waals surface area contributed by atoms with Crippen molar-refractivity contribution >= 4 is 151 Å². The monoisotopic (exact) mass is 2110 g/mol. The second-order valence-corrected chi connectivity index (χ2v) is 35.5. The highest BCUT2D eigenvalue weighted by molar-refractivity contribution is 6.44. The Morgan fingerprint density at radius 1 is 0.352 bits per heavy atom. The third-order valence-electron chi connectivity index (χ3n) is 20.9. The molecule has 0 saturated carbocycles. The van der Waals surface area contributed by atoms with Crippen molar-refractivity contribution in [2.45, 2.75) is 99.3 Å². The van der Waals surface area contributed by atoms with E-state index in [4.69, 9.17) is 139 Å². The first-order chi connectivity index (χ1) is 68.0. The van der Waals surface area contributed by atoms with E-state index in [1.54, 1.807) is 119 Å². The number of pyridine rings is 4. The van der Waals surface area contributed by atoms with E-state index in [-0.39, 0.29) is 134 Å². The van der Waals surface area contributed by atoms with E-state index in [2.05, 4.69) is 16.0 Å². The zero-order valence-corrected chi connectivity index (χ0v) is 82.9. The summed E-state index contributed by atoms with van der Waals surface area (Å²) in [6, 6.07) is 68.8. The van der Waals surface area contributed by atoms with Crippen molar-refractivity contribution in [1.29, 1.82) is 0 Å². The van der Waals surface area contributed by atoms with Crippen LogP contribution in [0.5, 0.6) is 28.7 Å². The van der Waals surface area contributed by atoms with Gasteiger partial charge < -0.3 is 81.7 Å². The van der Waals surface area contributed by atoms with Crippen molar-refractivity contribution in [2.24, 2.45) is 0 Å². The largest absolute Gasteiger partial charge is 0.503 e. The number of nitrogens with zero attached hydrogens (tertiary/aromatic N) is 6. The Labute approximate surface area is 859 Å². The van der Waals surface area contributed by atoms with Crippen molar-refractivity contribution in [1.82, 2.24) is 43.0 Å². The molecular weight excluding hydrogens is 2030 g/mol. The summed E-state index contributed by atoms with van der Waals surface area (Å²) in [7, 11) is 0. The first-order valence-corrected chi connectivity index (χ1v) is 46.7. The summed E-state index contributed by atoms with van der Waals surface area (Å²) in [5.41, 5.74) is 5.54. The van der Waals surface area contributed by atoms with Gasteiger partial charge in [0, 0.05) is 98.5 Å². The van der Waals surface area contributed by atoms with Crippen molar-refractivity contribution in [3.05, 3.63) is 487 Å². The number of nitrogens with one attached hydrogen (secondary N) is 3. The number of aromatic nitrogens is 6. The van der Waals surface area contributed by atoms with Gasteiger partial charge in [-0.2, -0.15) is 0 Å². The van der Waals surface area contributed by atoms with Gasteiger partial charge in [-0.15, -0.1) is 0 Å². The molecule has 6 N–H and O–H groups in total. The van der Waals surface area contributed by atoms with Gasteiger partial charge in [0.25, 0.3) is 28.8 Å². The van der Waals surface area contributed by atoms with Crippen LogP contribution in [-0.4, -0.2) is 72.2 Å². The number of amides is 3. The molecule has 9 aromatic carbocycles. The molecule has 0 spiro atoms. The number of aryl methyl sites for hydroxylation is 2. The van der Waals surface area contributed by atoms with Crippen LogP contribution in [-0.2, 0) is 77.0 Å². The Morgan fingerprint density at radius 2 is 0.669 bits per heavy atom. The van der Waals surface area contributed by atoms with Gasteiger partial charge >= 0.3 is 0 Å². The number of aliphatic hydroxyl groups excluding tert-OH is 1. The minimum atomic E-state index is -1.73. The summed E-state index contributed by atoms with van der Waals surface area (Å²) in [5, 5.41) is 40.9. The summed E-state index contributed by atoms with van der Waals surface area (Å²) < 4.78 is 36.8. The minimum Gasteiger partial charge on any atom is -0.503 e. The fraction of sp³-hybridized carbons (Fsp3) is 0.144. The maximum atomic E-state index is 13.4. The second kappa shape index (κ2) is 50.9. The average molecular weight is 2120 g/mol. The zero-order valence-electron chi connectivity index (χ0n) is 75.3. The molecule has 38 heteroatoms. The summed E-state index contributed by atoms with van der Waals surface area (Å²) in [6.45, 7) is 6.10. The Kier molecular flexibility index (Phi) is 38.4. The minimum absolute atomic E-state index is 0.0151. The van der Waals surface area contributed by atoms with Gasteiger partial charge in [-0.25, -0.2) is 0 Å². The average Bonchev–Trinajstić information content (AvgIpc) is 0.801. The van der Waals surface area contributed by atoms with E-state index in [1.807, 2.05) is 134 Å². The number of carbonyl (C=O) groups is 4. The quantitative estimate of drug-likeness (QED) is 0.0237. The van der Waals surface area contributed by atoms with Gasteiger partial charge in [0.2, 0.25) is 38.7 Å². The molecule has 0 aliphatic heterocycles. The Hall–Kier alpha value is -14.0. The normalized spacial score (nSPS) is 10.8. The third-order valence-corrected chi connectivity index (χ3v) is 24.6. The number of ether oxygens (including phenoxy) is 4. The summed E-state index contributed by atoms with van der Waals surface area (Å²) in [6.07, 6.45) is 8.65. The van der Waals surface area contributed by atoms with Crippen LogP contribution in [0.25, 0.3) is 11.0 Å². The lowest BCUT2D eigenvalue weighted by Gasteiger charge is -2.18. The van der Waals surface area contributed by atoms with E-state index in [9.17, 15) is 68.1 Å². The first kappa shape index (κ1) is 107. The number of ketones is 1. The van der Waals surface area contributed by atoms with Crippen LogP contribution in [0.4, 0.5) is 0 Å². The predicted molar refractivity (Wildman–Crippen MR) is 549 cm³/mol. The maximum Gasteiger partial charge on any atom is 0.291 e. The molecule has 0 radical (unpaired) electrons. The van der Waals surface area contributed by atoms with Gasteiger partial charge in [0.05, 0.1) is 82.7 Å². The lowest BCUT2D eigenvalue weighted by Crippen LogP contribution is -2.31. The van der Waals surface area contributed by atoms with Gasteiger partial charge in [-0.3, -0.25) is 52.7 Å². The molecule has 0 unspecified atom stereocenters. The van der Waals surface area contributed by atoms with Crippen molar-refractivity contribution in [3.63, 3.8) is 0 Å². The van der Waals surface area contributed by atoms with Crippen LogP contribution < -0.4 is 73.2 Å². The number of Topliss-reactive ketones (excluding diaryl/α,β-unsaturated/α-hetero) is 1. The second-order valence-electron chi connectivity index (χ2n) is 31.4. The molecule has 28 nitrogen and oxygen atoms in total. The lowest BCUT2D eigenvalue weighted by molar-refractivity contribution is -0.117. The third kappa shape index (κ3) is 29.1. The van der Waals surface area contributed by atoms with Crippen LogP contribution in [0.3, 0.4) is 0 Å². The standard InChI is InChI=1S/C23H20Cl2N2O4.C23H18Cl2N2O3.C22H20Cl2N2O5.C20H15Cl2NO4.C16H12Cl2N2O3/c1-15(28)13-27-10-9-20(29)22(31-14-16-5-3-2-4-6-16)21(27)23(30)26-12-17-7-8-18(24)19(25)11-17;1-15-12-26-10-9-20(28)22(30-14-16-5-3-2-4-6-16)21(26)23(29)27(15)13-17-7-8-18(24)19(25)11-17;23-16-7-6-15(10-17(16)24)11-25-22(30)20-21(31-13-14-4-2-1-3-5-14)18(27)8-9-26(20)12-19(28)29;21-15-7-6-14(10-16(15)22)11-23-20(25)19-18(17(24)8-9-26-19)27-12-13-4-2-1-3-5-13;1-9-7-19-5-4-13(21)15(22)14(19)16(23)20(9)8-10-2-3-11(17)12(18)6-10/h2-11H,12-14H2,1H3,(H,26,30);2-12H,13-14H2,1H3;1-10,19,28-29H,11-13H2,(H,25,30);1-10H,11-12H2,(H,23,25);2-7,22H,8H2,1H3. The first-order valence-electron chi connectivity index (χ1n) is 42.9. The molecule has 7 aromatic heterocycles. The number of carbonyl (C=O) groups excluding carboxylic acids is 4. The zero-order chi connectivity index (χ0) is 102. The van der Waals surface area contributed by atoms with Gasteiger partial charge in [-0.05, 0) is 132 Å². The number of halogens is 10. The van der Waals surface area contributed by atoms with Gasteiger partial charge in [0.1, 0.15) is 32.2 Å². The number of hydrogen-bond donors (Lipinski definition) is 6. The highest BCUT2D eigenvalue weighted by Crippen LogP contribution is 2.30. The molecule has 142 heavy (non-hydrogen) atoms. The number of rotatable bonds is 29. The molecule has 16 aromatic rings.